The van der Waals surface area contributed by atoms with E-state index in [-0.39, 0.29) is 30.0 Å². The van der Waals surface area contributed by atoms with Crippen LogP contribution in [0, 0.1) is 0 Å². The molecule has 1 saturated carbocycles. The van der Waals surface area contributed by atoms with Crippen molar-refractivity contribution in [2.24, 2.45) is 0 Å². The highest BCUT2D eigenvalue weighted by molar-refractivity contribution is 5.92. The van der Waals surface area contributed by atoms with E-state index in [1.807, 2.05) is 37.3 Å². The van der Waals surface area contributed by atoms with Crippen molar-refractivity contribution in [1.29, 1.82) is 0 Å². The third-order valence-electron chi connectivity index (χ3n) is 6.03. The van der Waals surface area contributed by atoms with E-state index in [0.717, 1.165) is 31.2 Å². The van der Waals surface area contributed by atoms with Gasteiger partial charge in [0.2, 0.25) is 11.8 Å². The van der Waals surface area contributed by atoms with Crippen LogP contribution < -0.4 is 10.6 Å². The number of unbranched alkanes of at least 4 members (excludes halogenated alkanes) is 1. The number of hydrogen-bond donors (Lipinski definition) is 3. The molecule has 1 aliphatic rings. The van der Waals surface area contributed by atoms with E-state index < -0.39 is 23.8 Å². The maximum Gasteiger partial charge on any atom is 0.408 e. The quantitative estimate of drug-likeness (QED) is 0.387. The van der Waals surface area contributed by atoms with Crippen molar-refractivity contribution in [2.45, 2.75) is 83.5 Å². The Morgan fingerprint density at radius 1 is 1.05 bits per heavy atom. The standard InChI is InChI=1S/C29H39N3O5/c1-5-6-18-30-26(34)25(21-12-16-23(33)17-13-21)32(22-14-15-22)27(35)24(19-20-10-8-7-9-11-20)31-28(36)37-29(2,3)4/h7-13,16-17,22,24-25,33H,5-6,14-15,18-19H2,1-4H3,(H,30,34)(H,31,36). The number of phenols is 1. The summed E-state index contributed by atoms with van der Waals surface area (Å²) in [4.78, 5) is 42.0. The van der Waals surface area contributed by atoms with Gasteiger partial charge in [-0.1, -0.05) is 55.8 Å². The largest absolute Gasteiger partial charge is 0.508 e. The minimum atomic E-state index is -0.930. The number of benzene rings is 2. The molecule has 2 aromatic rings. The molecule has 0 aromatic heterocycles. The van der Waals surface area contributed by atoms with Gasteiger partial charge in [0.25, 0.3) is 0 Å². The zero-order valence-corrected chi connectivity index (χ0v) is 22.2. The van der Waals surface area contributed by atoms with E-state index in [9.17, 15) is 19.5 Å². The van der Waals surface area contributed by atoms with Gasteiger partial charge in [-0.25, -0.2) is 4.79 Å². The normalized spacial score (nSPS) is 14.8. The highest BCUT2D eigenvalue weighted by atomic mass is 16.6. The second-order valence-electron chi connectivity index (χ2n) is 10.5. The van der Waals surface area contributed by atoms with Gasteiger partial charge in [0.05, 0.1) is 0 Å². The third-order valence-corrected chi connectivity index (χ3v) is 6.03. The first-order valence-electron chi connectivity index (χ1n) is 13.0. The summed E-state index contributed by atoms with van der Waals surface area (Å²) in [6.45, 7) is 7.83. The molecule has 0 spiro atoms. The predicted octanol–water partition coefficient (Wildman–Crippen LogP) is 4.48. The molecule has 0 heterocycles. The number of aromatic hydroxyl groups is 1. The van der Waals surface area contributed by atoms with E-state index in [1.54, 1.807) is 37.8 Å². The van der Waals surface area contributed by atoms with Crippen LogP contribution in [0.3, 0.4) is 0 Å². The molecule has 3 N–H and O–H groups in total. The van der Waals surface area contributed by atoms with Gasteiger partial charge in [0, 0.05) is 19.0 Å². The Balaban J connectivity index is 1.96. The van der Waals surface area contributed by atoms with E-state index in [4.69, 9.17) is 4.74 Å². The van der Waals surface area contributed by atoms with Gasteiger partial charge in [-0.3, -0.25) is 9.59 Å². The van der Waals surface area contributed by atoms with E-state index in [1.165, 1.54) is 12.1 Å². The monoisotopic (exact) mass is 509 g/mol. The number of nitrogens with zero attached hydrogens (tertiary/aromatic N) is 1. The van der Waals surface area contributed by atoms with Crippen LogP contribution in [0.1, 0.15) is 70.5 Å². The predicted molar refractivity (Wildman–Crippen MR) is 142 cm³/mol. The number of nitrogens with one attached hydrogen (secondary N) is 2. The molecule has 200 valence electrons. The van der Waals surface area contributed by atoms with Gasteiger partial charge in [0.1, 0.15) is 23.4 Å². The highest BCUT2D eigenvalue weighted by Gasteiger charge is 2.44. The van der Waals surface area contributed by atoms with Gasteiger partial charge in [0.15, 0.2) is 0 Å². The minimum absolute atomic E-state index is 0.0757. The topological polar surface area (TPSA) is 108 Å². The highest BCUT2D eigenvalue weighted by Crippen LogP contribution is 2.36. The maximum atomic E-state index is 14.2. The van der Waals surface area contributed by atoms with Gasteiger partial charge >= 0.3 is 6.09 Å². The number of alkyl carbamates (subject to hydrolysis) is 1. The average molecular weight is 510 g/mol. The Labute approximate surface area is 219 Å². The first-order chi connectivity index (χ1) is 17.6. The third kappa shape index (κ3) is 8.51. The van der Waals surface area contributed by atoms with Crippen molar-refractivity contribution >= 4 is 17.9 Å². The lowest BCUT2D eigenvalue weighted by Crippen LogP contribution is -2.54. The van der Waals surface area contributed by atoms with Gasteiger partial charge < -0.3 is 25.4 Å². The van der Waals surface area contributed by atoms with Crippen molar-refractivity contribution in [2.75, 3.05) is 6.54 Å². The van der Waals surface area contributed by atoms with Gasteiger partial charge in [-0.15, -0.1) is 0 Å². The van der Waals surface area contributed by atoms with Crippen molar-refractivity contribution in [3.05, 3.63) is 65.7 Å². The number of carbonyl (C=O) groups excluding carboxylic acids is 3. The zero-order chi connectivity index (χ0) is 27.0. The molecular weight excluding hydrogens is 470 g/mol. The lowest BCUT2D eigenvalue weighted by Gasteiger charge is -2.35. The summed E-state index contributed by atoms with van der Waals surface area (Å²) >= 11 is 0. The molecule has 1 aliphatic carbocycles. The SMILES string of the molecule is CCCCNC(=O)C(c1ccc(O)cc1)N(C(=O)C(Cc1ccccc1)NC(=O)OC(C)(C)C)C1CC1. The first-order valence-corrected chi connectivity index (χ1v) is 13.0. The summed E-state index contributed by atoms with van der Waals surface area (Å²) in [6, 6.07) is 13.8. The molecule has 0 aliphatic heterocycles. The van der Waals surface area contributed by atoms with Crippen LogP contribution in [0.5, 0.6) is 5.75 Å². The van der Waals surface area contributed by atoms with Crippen molar-refractivity contribution < 1.29 is 24.2 Å². The summed E-state index contributed by atoms with van der Waals surface area (Å²) < 4.78 is 5.46. The molecule has 2 aromatic carbocycles. The minimum Gasteiger partial charge on any atom is -0.508 e. The van der Waals surface area contributed by atoms with Crippen LogP contribution in [-0.2, 0) is 20.7 Å². The Hall–Kier alpha value is -3.55. The Morgan fingerprint density at radius 2 is 1.70 bits per heavy atom. The smallest absolute Gasteiger partial charge is 0.408 e. The Bertz CT molecular complexity index is 1050. The second-order valence-corrected chi connectivity index (χ2v) is 10.5. The van der Waals surface area contributed by atoms with Crippen LogP contribution >= 0.6 is 0 Å². The number of ether oxygens (including phenoxy) is 1. The number of rotatable bonds is 11. The Morgan fingerprint density at radius 3 is 2.27 bits per heavy atom. The van der Waals surface area contributed by atoms with E-state index >= 15 is 0 Å². The molecule has 3 rings (SSSR count). The molecule has 3 amide bonds. The second kappa shape index (κ2) is 12.6. The molecule has 37 heavy (non-hydrogen) atoms. The molecular formula is C29H39N3O5. The number of phenolic OH excluding ortho intramolecular Hbond substituents is 1. The summed E-state index contributed by atoms with van der Waals surface area (Å²) in [7, 11) is 0. The summed E-state index contributed by atoms with van der Waals surface area (Å²) in [6.07, 6.45) is 2.85. The fourth-order valence-electron chi connectivity index (χ4n) is 4.13. The van der Waals surface area contributed by atoms with Crippen LogP contribution in [0.25, 0.3) is 0 Å². The lowest BCUT2D eigenvalue weighted by atomic mass is 10.00. The summed E-state index contributed by atoms with van der Waals surface area (Å²) in [5.41, 5.74) is 0.748. The van der Waals surface area contributed by atoms with Crippen LogP contribution in [0.4, 0.5) is 4.79 Å². The summed E-state index contributed by atoms with van der Waals surface area (Å²) in [5, 5.41) is 15.6. The number of carbonyl (C=O) groups is 3. The molecule has 8 heteroatoms. The summed E-state index contributed by atoms with van der Waals surface area (Å²) in [5.74, 6) is -0.553. The molecule has 0 saturated heterocycles. The molecule has 0 radical (unpaired) electrons. The van der Waals surface area contributed by atoms with Crippen LogP contribution in [-0.4, -0.2) is 52.1 Å². The Kier molecular flexibility index (Phi) is 9.55. The van der Waals surface area contributed by atoms with E-state index in [0.29, 0.717) is 12.1 Å². The molecule has 0 bridgehead atoms. The fourth-order valence-corrected chi connectivity index (χ4v) is 4.13. The van der Waals surface area contributed by atoms with Crippen molar-refractivity contribution in [3.63, 3.8) is 0 Å². The maximum absolute atomic E-state index is 14.2. The number of hydrogen-bond acceptors (Lipinski definition) is 5. The van der Waals surface area contributed by atoms with E-state index in [2.05, 4.69) is 10.6 Å². The molecule has 2 atom stereocenters. The lowest BCUT2D eigenvalue weighted by molar-refractivity contribution is -0.143. The van der Waals surface area contributed by atoms with Crippen LogP contribution in [0.15, 0.2) is 54.6 Å². The van der Waals surface area contributed by atoms with Gasteiger partial charge in [-0.05, 0) is 63.3 Å². The average Bonchev–Trinajstić information content (AvgIpc) is 3.67. The molecule has 1 fully saturated rings. The molecule has 2 unspecified atom stereocenters. The first kappa shape index (κ1) is 28.0. The fraction of sp³-hybridized carbons (Fsp3) is 0.483. The molecule has 8 nitrogen and oxygen atoms in total. The van der Waals surface area contributed by atoms with Crippen molar-refractivity contribution in [1.82, 2.24) is 15.5 Å². The van der Waals surface area contributed by atoms with Crippen molar-refractivity contribution in [3.8, 4) is 5.75 Å². The number of amides is 3. The zero-order valence-electron chi connectivity index (χ0n) is 22.2. The van der Waals surface area contributed by atoms with Crippen LogP contribution in [0.2, 0.25) is 0 Å². The van der Waals surface area contributed by atoms with Gasteiger partial charge in [-0.2, -0.15) is 0 Å².